The second-order valence-corrected chi connectivity index (χ2v) is 8.04. The SMILES string of the molecule is Cc1ccc(S(=O)(=O)OC[C@@H](C)CN2C(=O)c3ccccc3C2=O)cc1. The van der Waals surface area contributed by atoms with E-state index in [2.05, 4.69) is 0 Å². The number of nitrogens with zero attached hydrogens (tertiary/aromatic N) is 1. The highest BCUT2D eigenvalue weighted by molar-refractivity contribution is 7.86. The van der Waals surface area contributed by atoms with E-state index < -0.39 is 10.1 Å². The minimum atomic E-state index is -3.87. The van der Waals surface area contributed by atoms with Crippen LogP contribution in [0, 0.1) is 12.8 Å². The van der Waals surface area contributed by atoms with Crippen molar-refractivity contribution in [2.45, 2.75) is 18.7 Å². The van der Waals surface area contributed by atoms with E-state index in [1.165, 1.54) is 12.1 Å². The Labute approximate surface area is 152 Å². The number of imide groups is 1. The zero-order valence-electron chi connectivity index (χ0n) is 14.5. The number of rotatable bonds is 6. The summed E-state index contributed by atoms with van der Waals surface area (Å²) in [5.74, 6) is -1.06. The first-order valence-electron chi connectivity index (χ1n) is 8.21. The van der Waals surface area contributed by atoms with E-state index in [1.807, 2.05) is 6.92 Å². The van der Waals surface area contributed by atoms with E-state index in [9.17, 15) is 18.0 Å². The summed E-state index contributed by atoms with van der Waals surface area (Å²) in [5, 5.41) is 0. The molecule has 1 aliphatic rings. The molecular weight excluding hydrogens is 354 g/mol. The van der Waals surface area contributed by atoms with Crippen LogP contribution in [-0.4, -0.2) is 38.3 Å². The predicted octanol–water partition coefficient (Wildman–Crippen LogP) is 2.63. The molecule has 0 saturated heterocycles. The van der Waals surface area contributed by atoms with Gasteiger partial charge in [0.25, 0.3) is 21.9 Å². The first-order valence-corrected chi connectivity index (χ1v) is 9.62. The molecule has 0 spiro atoms. The molecule has 2 aromatic rings. The summed E-state index contributed by atoms with van der Waals surface area (Å²) in [7, 11) is -3.87. The number of carbonyl (C=O) groups excluding carboxylic acids is 2. The van der Waals surface area contributed by atoms with Gasteiger partial charge in [-0.15, -0.1) is 0 Å². The fourth-order valence-electron chi connectivity index (χ4n) is 2.75. The molecule has 1 atom stereocenters. The van der Waals surface area contributed by atoms with Crippen molar-refractivity contribution in [1.82, 2.24) is 4.90 Å². The van der Waals surface area contributed by atoms with Crippen molar-refractivity contribution in [3.05, 3.63) is 65.2 Å². The molecule has 0 bridgehead atoms. The zero-order valence-corrected chi connectivity index (χ0v) is 15.3. The number of fused-ring (bicyclic) bond motifs is 1. The lowest BCUT2D eigenvalue weighted by Gasteiger charge is -2.19. The Morgan fingerprint density at radius 1 is 0.962 bits per heavy atom. The molecular formula is C19H19NO5S. The van der Waals surface area contributed by atoms with E-state index in [0.29, 0.717) is 11.1 Å². The summed E-state index contributed by atoms with van der Waals surface area (Å²) in [6, 6.07) is 13.0. The van der Waals surface area contributed by atoms with Crippen molar-refractivity contribution >= 4 is 21.9 Å². The molecule has 0 N–H and O–H groups in total. The average Bonchev–Trinajstić information content (AvgIpc) is 2.86. The Morgan fingerprint density at radius 3 is 2.04 bits per heavy atom. The Kier molecular flexibility index (Phi) is 4.93. The summed E-state index contributed by atoms with van der Waals surface area (Å²) < 4.78 is 29.5. The molecule has 2 aromatic carbocycles. The molecule has 26 heavy (non-hydrogen) atoms. The van der Waals surface area contributed by atoms with Crippen LogP contribution in [0.5, 0.6) is 0 Å². The van der Waals surface area contributed by atoms with Crippen molar-refractivity contribution in [2.24, 2.45) is 5.92 Å². The third kappa shape index (κ3) is 3.54. The van der Waals surface area contributed by atoms with E-state index in [-0.39, 0.29) is 35.8 Å². The molecule has 0 saturated carbocycles. The van der Waals surface area contributed by atoms with Crippen molar-refractivity contribution in [2.75, 3.05) is 13.2 Å². The molecule has 0 aliphatic carbocycles. The molecule has 136 valence electrons. The third-order valence-electron chi connectivity index (χ3n) is 4.19. The van der Waals surface area contributed by atoms with Gasteiger partial charge < -0.3 is 0 Å². The van der Waals surface area contributed by atoms with Crippen LogP contribution in [0.4, 0.5) is 0 Å². The van der Waals surface area contributed by atoms with Crippen LogP contribution in [-0.2, 0) is 14.3 Å². The van der Waals surface area contributed by atoms with E-state index in [4.69, 9.17) is 4.18 Å². The molecule has 2 amide bonds. The Bertz CT molecular complexity index is 915. The van der Waals surface area contributed by atoms with Gasteiger partial charge in [0.1, 0.15) is 0 Å². The first-order chi connectivity index (χ1) is 12.3. The Hall–Kier alpha value is -2.51. The Balaban J connectivity index is 1.63. The van der Waals surface area contributed by atoms with E-state index >= 15 is 0 Å². The van der Waals surface area contributed by atoms with Gasteiger partial charge in [0.2, 0.25) is 0 Å². The van der Waals surface area contributed by atoms with Crippen molar-refractivity contribution in [3.63, 3.8) is 0 Å². The number of amides is 2. The van der Waals surface area contributed by atoms with Gasteiger partial charge in [-0.25, -0.2) is 0 Å². The second-order valence-electron chi connectivity index (χ2n) is 6.42. The van der Waals surface area contributed by atoms with Crippen molar-refractivity contribution in [1.29, 1.82) is 0 Å². The third-order valence-corrected chi connectivity index (χ3v) is 5.49. The topological polar surface area (TPSA) is 80.8 Å². The standard InChI is InChI=1S/C19H19NO5S/c1-13-7-9-15(10-8-13)26(23,24)25-12-14(2)11-20-18(21)16-5-3-4-6-17(16)19(20)22/h3-10,14H,11-12H2,1-2H3/t14-/m0/s1. The van der Waals surface area contributed by atoms with Gasteiger partial charge >= 0.3 is 0 Å². The fourth-order valence-corrected chi connectivity index (χ4v) is 3.76. The quantitative estimate of drug-likeness (QED) is 0.574. The van der Waals surface area contributed by atoms with Gasteiger partial charge in [-0.3, -0.25) is 18.7 Å². The van der Waals surface area contributed by atoms with Gasteiger partial charge in [0.05, 0.1) is 22.6 Å². The highest BCUT2D eigenvalue weighted by Crippen LogP contribution is 2.23. The van der Waals surface area contributed by atoms with Crippen LogP contribution in [0.15, 0.2) is 53.4 Å². The molecule has 3 rings (SSSR count). The van der Waals surface area contributed by atoms with Crippen LogP contribution >= 0.6 is 0 Å². The zero-order chi connectivity index (χ0) is 18.9. The first kappa shape index (κ1) is 18.3. The normalized spacial score (nSPS) is 15.2. The lowest BCUT2D eigenvalue weighted by Crippen LogP contribution is -2.35. The predicted molar refractivity (Wildman–Crippen MR) is 95.3 cm³/mol. The van der Waals surface area contributed by atoms with Crippen molar-refractivity contribution < 1.29 is 22.2 Å². The highest BCUT2D eigenvalue weighted by atomic mass is 32.2. The number of hydrogen-bond acceptors (Lipinski definition) is 5. The number of hydrogen-bond donors (Lipinski definition) is 0. The van der Waals surface area contributed by atoms with E-state index in [1.54, 1.807) is 43.3 Å². The van der Waals surface area contributed by atoms with Gasteiger partial charge in [-0.2, -0.15) is 8.42 Å². The van der Waals surface area contributed by atoms with Gasteiger partial charge in [-0.05, 0) is 37.1 Å². The molecule has 7 heteroatoms. The molecule has 6 nitrogen and oxygen atoms in total. The fraction of sp³-hybridized carbons (Fsp3) is 0.263. The smallest absolute Gasteiger partial charge is 0.274 e. The van der Waals surface area contributed by atoms with E-state index in [0.717, 1.165) is 10.5 Å². The summed E-state index contributed by atoms with van der Waals surface area (Å²) in [6.45, 7) is 3.56. The number of aryl methyl sites for hydroxylation is 1. The minimum Gasteiger partial charge on any atom is -0.274 e. The van der Waals surface area contributed by atoms with Crippen LogP contribution < -0.4 is 0 Å². The maximum atomic E-state index is 12.3. The van der Waals surface area contributed by atoms with Crippen LogP contribution in [0.25, 0.3) is 0 Å². The van der Waals surface area contributed by atoms with Gasteiger partial charge in [0.15, 0.2) is 0 Å². The van der Waals surface area contributed by atoms with Gasteiger partial charge in [0, 0.05) is 6.54 Å². The molecule has 0 fully saturated rings. The monoisotopic (exact) mass is 373 g/mol. The largest absolute Gasteiger partial charge is 0.296 e. The highest BCUT2D eigenvalue weighted by Gasteiger charge is 2.35. The minimum absolute atomic E-state index is 0.0797. The molecule has 0 radical (unpaired) electrons. The molecule has 1 heterocycles. The molecule has 0 unspecified atom stereocenters. The summed E-state index contributed by atoms with van der Waals surface area (Å²) in [6.07, 6.45) is 0. The van der Waals surface area contributed by atoms with Gasteiger partial charge in [-0.1, -0.05) is 36.8 Å². The lowest BCUT2D eigenvalue weighted by molar-refractivity contribution is 0.0620. The van der Waals surface area contributed by atoms with Crippen LogP contribution in [0.1, 0.15) is 33.2 Å². The second kappa shape index (κ2) is 7.01. The average molecular weight is 373 g/mol. The van der Waals surface area contributed by atoms with Crippen LogP contribution in [0.2, 0.25) is 0 Å². The van der Waals surface area contributed by atoms with Crippen molar-refractivity contribution in [3.8, 4) is 0 Å². The maximum absolute atomic E-state index is 12.3. The Morgan fingerprint density at radius 2 is 1.50 bits per heavy atom. The number of carbonyl (C=O) groups is 2. The summed E-state index contributed by atoms with van der Waals surface area (Å²) >= 11 is 0. The number of benzene rings is 2. The summed E-state index contributed by atoms with van der Waals surface area (Å²) in [5.41, 5.74) is 1.69. The summed E-state index contributed by atoms with van der Waals surface area (Å²) in [4.78, 5) is 25.9. The van der Waals surface area contributed by atoms with Crippen LogP contribution in [0.3, 0.4) is 0 Å². The maximum Gasteiger partial charge on any atom is 0.296 e. The molecule has 1 aliphatic heterocycles. The molecule has 0 aromatic heterocycles. The lowest BCUT2D eigenvalue weighted by atomic mass is 10.1.